The minimum Gasteiger partial charge on any atom is -0.394 e. The van der Waals surface area contributed by atoms with Crippen molar-refractivity contribution in [3.63, 3.8) is 0 Å². The molecule has 376 valence electrons. The monoisotopic (exact) mass is 931 g/mol. The fourth-order valence-electron chi connectivity index (χ4n) is 14.8. The third-order valence-electron chi connectivity index (χ3n) is 18.9. The van der Waals surface area contributed by atoms with Gasteiger partial charge in [-0.1, -0.05) is 46.3 Å². The maximum atomic E-state index is 12.8. The van der Waals surface area contributed by atoms with E-state index in [0.29, 0.717) is 25.7 Å². The molecule has 0 aromatic rings. The molecule has 4 saturated carbocycles. The van der Waals surface area contributed by atoms with Crippen LogP contribution >= 0.6 is 0 Å². The molecule has 7 fully saturated rings. The van der Waals surface area contributed by atoms with Crippen LogP contribution in [0.5, 0.6) is 0 Å². The molecule has 0 amide bonds. The summed E-state index contributed by atoms with van der Waals surface area (Å²) in [7, 11) is 0. The molecule has 0 radical (unpaired) electrons. The molecule has 0 spiro atoms. The fraction of sp³-hybridized carbons (Fsp3) is 0.958. The quantitative estimate of drug-likeness (QED) is 0.0962. The summed E-state index contributed by atoms with van der Waals surface area (Å²) < 4.78 is 37.4. The van der Waals surface area contributed by atoms with E-state index in [1.165, 1.54) is 6.92 Å². The normalized spacial score (nSPS) is 53.0. The van der Waals surface area contributed by atoms with E-state index >= 15 is 0 Å². The van der Waals surface area contributed by atoms with Crippen molar-refractivity contribution in [2.75, 3.05) is 13.2 Å². The smallest absolute Gasteiger partial charge is 0.187 e. The summed E-state index contributed by atoms with van der Waals surface area (Å²) >= 11 is 0. The van der Waals surface area contributed by atoms with E-state index in [1.54, 1.807) is 0 Å². The van der Waals surface area contributed by atoms with Crippen molar-refractivity contribution in [1.82, 2.24) is 0 Å². The van der Waals surface area contributed by atoms with Crippen LogP contribution < -0.4 is 0 Å². The summed E-state index contributed by atoms with van der Waals surface area (Å²) in [5.74, 6) is 0.226. The molecule has 3 saturated heterocycles. The lowest BCUT2D eigenvalue weighted by Crippen LogP contribution is -2.69. The van der Waals surface area contributed by atoms with E-state index < -0.39 is 134 Å². The first-order valence-corrected chi connectivity index (χ1v) is 24.2. The zero-order valence-corrected chi connectivity index (χ0v) is 39.8. The van der Waals surface area contributed by atoms with E-state index in [-0.39, 0.29) is 34.5 Å². The largest absolute Gasteiger partial charge is 0.394 e. The Balaban J connectivity index is 1.13. The molecule has 17 heteroatoms. The molecule has 0 aromatic carbocycles. The molecule has 11 N–H and O–H groups in total. The number of hydrogen-bond donors (Lipinski definition) is 11. The molecule has 7 aliphatic rings. The Morgan fingerprint density at radius 1 is 0.662 bits per heavy atom. The van der Waals surface area contributed by atoms with Gasteiger partial charge in [-0.3, -0.25) is 0 Å². The van der Waals surface area contributed by atoms with Crippen LogP contribution in [-0.2, 0) is 28.4 Å². The lowest BCUT2D eigenvalue weighted by molar-refractivity contribution is -0.377. The Hall–Kier alpha value is -0.940. The van der Waals surface area contributed by atoms with Crippen LogP contribution in [0.2, 0.25) is 0 Å². The summed E-state index contributed by atoms with van der Waals surface area (Å²) in [6.45, 7) is 17.7. The van der Waals surface area contributed by atoms with Crippen LogP contribution in [0.15, 0.2) is 11.6 Å². The zero-order valence-electron chi connectivity index (χ0n) is 39.8. The number of ether oxygens (including phenoxy) is 6. The summed E-state index contributed by atoms with van der Waals surface area (Å²) in [6.07, 6.45) is -13.8. The lowest BCUT2D eigenvalue weighted by Gasteiger charge is -2.71. The molecule has 3 aliphatic heterocycles. The molecule has 0 bridgehead atoms. The highest BCUT2D eigenvalue weighted by atomic mass is 16.8. The highest BCUT2D eigenvalue weighted by Gasteiger charge is 2.73. The van der Waals surface area contributed by atoms with Gasteiger partial charge >= 0.3 is 0 Å². The van der Waals surface area contributed by atoms with Gasteiger partial charge in [-0.05, 0) is 125 Å². The maximum absolute atomic E-state index is 12.8. The van der Waals surface area contributed by atoms with Gasteiger partial charge in [0.05, 0.1) is 37.1 Å². The van der Waals surface area contributed by atoms with Crippen molar-refractivity contribution in [2.24, 2.45) is 45.3 Å². The molecule has 0 unspecified atom stereocenters. The first-order valence-electron chi connectivity index (χ1n) is 24.2. The molecular weight excluding hydrogens is 849 g/mol. The van der Waals surface area contributed by atoms with Gasteiger partial charge < -0.3 is 84.6 Å². The van der Waals surface area contributed by atoms with Crippen molar-refractivity contribution in [3.05, 3.63) is 11.6 Å². The van der Waals surface area contributed by atoms with Gasteiger partial charge in [0.2, 0.25) is 0 Å². The zero-order chi connectivity index (χ0) is 47.9. The number of allylic oxidation sites excluding steroid dienone is 2. The predicted octanol–water partition coefficient (Wildman–Crippen LogP) is 1.00. The van der Waals surface area contributed by atoms with Crippen LogP contribution in [-0.4, -0.2) is 179 Å². The van der Waals surface area contributed by atoms with Crippen molar-refractivity contribution < 1.29 is 84.6 Å². The van der Waals surface area contributed by atoms with Crippen molar-refractivity contribution in [2.45, 2.75) is 230 Å². The predicted molar refractivity (Wildman–Crippen MR) is 232 cm³/mol. The number of aliphatic hydroxyl groups excluding tert-OH is 11. The summed E-state index contributed by atoms with van der Waals surface area (Å²) in [4.78, 5) is 0. The van der Waals surface area contributed by atoms with E-state index in [0.717, 1.165) is 37.7 Å². The molecule has 25 atom stereocenters. The first kappa shape index (κ1) is 51.9. The minimum atomic E-state index is -1.69. The van der Waals surface area contributed by atoms with Gasteiger partial charge in [0.15, 0.2) is 18.9 Å². The van der Waals surface area contributed by atoms with Crippen LogP contribution in [0, 0.1) is 45.3 Å². The Kier molecular flexibility index (Phi) is 15.2. The standard InChI is InChI=1S/C48H82O17/c1-22(2)11-10-16-47(8,65-42-39(59)36(56)33(53)26(20-49)61-42)25-14-18-46(7)24(25)12-13-28-45(6)17-15-31(44(4,5)29(45)19-30(51)48(28,46)9)63-43-40(37(57)34(54)27(21-50)62-43)64-41-38(58)35(55)32(52)23(3)60-41/h11,23-43,49-59H,10,12-21H2,1-9H3/t23-,24+,25-,26+,27+,28+,29-,30-,31-,32-,33+,34+,35+,36-,37-,38+,39+,40+,41-,42-,43-,45+,46+,47-,48-/m0/s1. The second-order valence-electron chi connectivity index (χ2n) is 22.8. The lowest BCUT2D eigenvalue weighted by atomic mass is 9.34. The van der Waals surface area contributed by atoms with Crippen LogP contribution in [0.25, 0.3) is 0 Å². The average molecular weight is 931 g/mol. The molecular formula is C48H82O17. The van der Waals surface area contributed by atoms with Crippen molar-refractivity contribution in [3.8, 4) is 0 Å². The van der Waals surface area contributed by atoms with E-state index in [1.807, 2.05) is 13.8 Å². The van der Waals surface area contributed by atoms with Crippen molar-refractivity contribution in [1.29, 1.82) is 0 Å². The molecule has 0 aromatic heterocycles. The van der Waals surface area contributed by atoms with Gasteiger partial charge in [-0.25, -0.2) is 0 Å². The van der Waals surface area contributed by atoms with Gasteiger partial charge in [-0.15, -0.1) is 0 Å². The average Bonchev–Trinajstić information content (AvgIpc) is 3.62. The maximum Gasteiger partial charge on any atom is 0.187 e. The fourth-order valence-corrected chi connectivity index (χ4v) is 14.8. The van der Waals surface area contributed by atoms with E-state index in [9.17, 15) is 56.2 Å². The molecule has 65 heavy (non-hydrogen) atoms. The highest BCUT2D eigenvalue weighted by molar-refractivity contribution is 5.21. The second kappa shape index (κ2) is 19.0. The van der Waals surface area contributed by atoms with Gasteiger partial charge in [0.25, 0.3) is 0 Å². The minimum absolute atomic E-state index is 0.000419. The number of fused-ring (bicyclic) bond motifs is 5. The Labute approximate surface area is 384 Å². The Morgan fingerprint density at radius 3 is 1.89 bits per heavy atom. The summed E-state index contributed by atoms with van der Waals surface area (Å²) in [6, 6.07) is 0. The van der Waals surface area contributed by atoms with Gasteiger partial charge in [0, 0.05) is 5.41 Å². The summed E-state index contributed by atoms with van der Waals surface area (Å²) in [5.41, 5.74) is -1.30. The molecule has 7 rings (SSSR count). The molecule has 4 aliphatic carbocycles. The van der Waals surface area contributed by atoms with Crippen molar-refractivity contribution >= 4 is 0 Å². The molecule has 17 nitrogen and oxygen atoms in total. The third-order valence-corrected chi connectivity index (χ3v) is 18.9. The SMILES string of the molecule is CC(C)=CCC[C@](C)(O[C@@H]1O[C@H](CO)[C@@H](O)[C@H](O)[C@H]1O)[C@H]1CC[C@]2(C)[C@@H]1CC[C@@H]1[C@@]3(C)CC[C@H](O[C@@H]4O[C@H](CO)[C@@H](O)[C@H](O)[C@H]4O[C@@H]4O[C@@H](C)[C@H](O)[C@@H](O)[C@H]4O)C(C)(C)[C@@H]3C[C@H](O)[C@]12C. The number of rotatable bonds is 12. The van der Waals surface area contributed by atoms with Gasteiger partial charge in [0.1, 0.15) is 67.1 Å². The molecule has 3 heterocycles. The van der Waals surface area contributed by atoms with Crippen LogP contribution in [0.1, 0.15) is 120 Å². The van der Waals surface area contributed by atoms with Crippen LogP contribution in [0.3, 0.4) is 0 Å². The van der Waals surface area contributed by atoms with Gasteiger partial charge in [-0.2, -0.15) is 0 Å². The highest BCUT2D eigenvalue weighted by Crippen LogP contribution is 2.76. The van der Waals surface area contributed by atoms with E-state index in [4.69, 9.17) is 28.4 Å². The van der Waals surface area contributed by atoms with Crippen LogP contribution in [0.4, 0.5) is 0 Å². The topological polar surface area (TPSA) is 278 Å². The third kappa shape index (κ3) is 8.63. The number of hydrogen-bond acceptors (Lipinski definition) is 17. The summed E-state index contributed by atoms with van der Waals surface area (Å²) in [5, 5.41) is 119. The van der Waals surface area contributed by atoms with E-state index in [2.05, 4.69) is 47.6 Å². The Morgan fingerprint density at radius 2 is 1.26 bits per heavy atom. The Bertz CT molecular complexity index is 1660. The first-order chi connectivity index (χ1) is 30.3. The second-order valence-corrected chi connectivity index (χ2v) is 22.8. The number of aliphatic hydroxyl groups is 11.